The van der Waals surface area contributed by atoms with Gasteiger partial charge in [-0.3, -0.25) is 10.1 Å². The number of rotatable bonds is 10. The minimum Gasteiger partial charge on any atom is -0.480 e. The molecule has 0 aliphatic rings. The first kappa shape index (κ1) is 23.1. The average molecular weight is 470 g/mol. The molecule has 1 aromatic carbocycles. The third kappa shape index (κ3) is 4.68. The number of imidazole rings is 1. The molecule has 0 atom stereocenters. The smallest absolute Gasteiger partial charge is 0.268 e. The maximum atomic E-state index is 13.3. The molecular weight excluding hydrogens is 442 g/mol. The highest BCUT2D eigenvalue weighted by Gasteiger charge is 2.23. The van der Waals surface area contributed by atoms with E-state index in [2.05, 4.69) is 20.3 Å². The first-order chi connectivity index (χ1) is 16.1. The van der Waals surface area contributed by atoms with Gasteiger partial charge in [0, 0.05) is 26.9 Å². The van der Waals surface area contributed by atoms with Crippen LogP contribution in [0.25, 0.3) is 21.3 Å². The molecule has 3 aromatic heterocycles. The van der Waals surface area contributed by atoms with Crippen molar-refractivity contribution in [2.24, 2.45) is 0 Å². The monoisotopic (exact) mass is 469 g/mol. The molecule has 3 heterocycles. The van der Waals surface area contributed by atoms with Crippen LogP contribution in [0.1, 0.15) is 34.4 Å². The molecule has 9 nitrogen and oxygen atoms in total. The van der Waals surface area contributed by atoms with Gasteiger partial charge in [0.1, 0.15) is 11.4 Å². The summed E-state index contributed by atoms with van der Waals surface area (Å²) in [6, 6.07) is 7.84. The highest BCUT2D eigenvalue weighted by molar-refractivity contribution is 7.20. The Bertz CT molecular complexity index is 1280. The number of benzene rings is 1. The summed E-state index contributed by atoms with van der Waals surface area (Å²) in [5.41, 5.74) is 2.57. The zero-order valence-electron chi connectivity index (χ0n) is 19.2. The molecule has 0 aliphatic carbocycles. The molecule has 0 unspecified atom stereocenters. The highest BCUT2D eigenvalue weighted by atomic mass is 32.1. The second-order valence-corrected chi connectivity index (χ2v) is 8.40. The number of anilines is 1. The second kappa shape index (κ2) is 10.2. The molecular formula is C23H27N5O4S. The Morgan fingerprint density at radius 1 is 1.18 bits per heavy atom. The van der Waals surface area contributed by atoms with Crippen LogP contribution in [0, 0.1) is 6.92 Å². The van der Waals surface area contributed by atoms with Gasteiger partial charge in [-0.2, -0.15) is 4.98 Å². The van der Waals surface area contributed by atoms with Crippen molar-refractivity contribution >= 4 is 44.4 Å². The van der Waals surface area contributed by atoms with Gasteiger partial charge in [0.25, 0.3) is 5.91 Å². The molecule has 1 N–H and O–H groups in total. The first-order valence-corrected chi connectivity index (χ1v) is 11.6. The van der Waals surface area contributed by atoms with E-state index in [9.17, 15) is 4.79 Å². The maximum Gasteiger partial charge on any atom is 0.268 e. The predicted octanol–water partition coefficient (Wildman–Crippen LogP) is 4.18. The van der Waals surface area contributed by atoms with Gasteiger partial charge in [-0.05, 0) is 38.0 Å². The van der Waals surface area contributed by atoms with Crippen LogP contribution < -0.4 is 10.1 Å². The summed E-state index contributed by atoms with van der Waals surface area (Å²) >= 11 is 1.30. The van der Waals surface area contributed by atoms with Gasteiger partial charge >= 0.3 is 0 Å². The molecule has 0 spiro atoms. The van der Waals surface area contributed by atoms with Crippen molar-refractivity contribution in [3.05, 3.63) is 40.5 Å². The van der Waals surface area contributed by atoms with Crippen LogP contribution >= 0.6 is 11.3 Å². The number of hydrogen-bond donors (Lipinski definition) is 1. The van der Waals surface area contributed by atoms with E-state index in [1.165, 1.54) is 11.3 Å². The molecule has 1 amide bonds. The number of para-hydroxylation sites is 2. The lowest BCUT2D eigenvalue weighted by Crippen LogP contribution is -2.16. The van der Waals surface area contributed by atoms with Crippen molar-refractivity contribution in [2.75, 3.05) is 32.8 Å². The number of ether oxygens (including phenoxy) is 3. The molecule has 174 valence electrons. The van der Waals surface area contributed by atoms with E-state index in [1.54, 1.807) is 14.2 Å². The lowest BCUT2D eigenvalue weighted by atomic mass is 10.2. The zero-order chi connectivity index (χ0) is 23.4. The Kier molecular flexibility index (Phi) is 7.17. The lowest BCUT2D eigenvalue weighted by molar-refractivity contribution is 0.102. The quantitative estimate of drug-likeness (QED) is 0.348. The number of thiophene rings is 1. The number of carbonyl (C=O) groups is 1. The molecule has 0 saturated heterocycles. The molecule has 10 heteroatoms. The summed E-state index contributed by atoms with van der Waals surface area (Å²) in [4.78, 5) is 28.2. The summed E-state index contributed by atoms with van der Waals surface area (Å²) in [6.45, 7) is 6.12. The summed E-state index contributed by atoms with van der Waals surface area (Å²) in [5, 5.41) is 3.74. The molecule has 0 radical (unpaired) electrons. The number of nitrogens with one attached hydrogen (secondary N) is 1. The summed E-state index contributed by atoms with van der Waals surface area (Å²) in [7, 11) is 3.14. The number of aryl methyl sites for hydroxylation is 2. The zero-order valence-corrected chi connectivity index (χ0v) is 20.0. The van der Waals surface area contributed by atoms with E-state index in [4.69, 9.17) is 14.2 Å². The molecule has 0 aliphatic heterocycles. The number of carbonyl (C=O) groups excluding carboxylic acids is 1. The average Bonchev–Trinajstić information content (AvgIpc) is 3.33. The van der Waals surface area contributed by atoms with Gasteiger partial charge in [0.05, 0.1) is 28.4 Å². The Balaban J connectivity index is 1.67. The first-order valence-electron chi connectivity index (χ1n) is 10.7. The number of fused-ring (bicyclic) bond motifs is 2. The minimum atomic E-state index is -0.243. The fourth-order valence-corrected chi connectivity index (χ4v) is 4.81. The van der Waals surface area contributed by atoms with Gasteiger partial charge in [-0.25, -0.2) is 9.97 Å². The van der Waals surface area contributed by atoms with E-state index in [0.29, 0.717) is 47.1 Å². The van der Waals surface area contributed by atoms with Gasteiger partial charge < -0.3 is 18.8 Å². The molecule has 0 fully saturated rings. The van der Waals surface area contributed by atoms with Crippen LogP contribution in [0.3, 0.4) is 0 Å². The normalized spacial score (nSPS) is 11.4. The van der Waals surface area contributed by atoms with E-state index in [0.717, 1.165) is 28.4 Å². The highest BCUT2D eigenvalue weighted by Crippen LogP contribution is 2.35. The molecule has 0 bridgehead atoms. The topological polar surface area (TPSA) is 100 Å². The minimum absolute atomic E-state index is 0.243. The fourth-order valence-electron chi connectivity index (χ4n) is 3.73. The standard InChI is InChI=1S/C23H27N5O4S/c1-5-32-12-8-11-28-16-10-7-6-9-15(16)24-23(28)27-20(29)19-14(2)18-21(31-4)25-17(13-30-3)26-22(18)33-19/h6-7,9-10H,5,8,11-13H2,1-4H3,(H,24,27,29). The number of aromatic nitrogens is 4. The SMILES string of the molecule is CCOCCCn1c(NC(=O)c2sc3nc(COC)nc(OC)c3c2C)nc2ccccc21. The van der Waals surface area contributed by atoms with Gasteiger partial charge in [0.15, 0.2) is 5.82 Å². The molecule has 4 rings (SSSR count). The lowest BCUT2D eigenvalue weighted by Gasteiger charge is -2.10. The number of hydrogen-bond acceptors (Lipinski definition) is 8. The van der Waals surface area contributed by atoms with Crippen LogP contribution in [0.15, 0.2) is 24.3 Å². The van der Waals surface area contributed by atoms with Crippen LogP contribution in [-0.2, 0) is 22.6 Å². The van der Waals surface area contributed by atoms with Crippen molar-refractivity contribution < 1.29 is 19.0 Å². The van der Waals surface area contributed by atoms with Crippen molar-refractivity contribution in [3.63, 3.8) is 0 Å². The van der Waals surface area contributed by atoms with Crippen molar-refractivity contribution in [1.29, 1.82) is 0 Å². The van der Waals surface area contributed by atoms with Gasteiger partial charge in [-0.15, -0.1) is 11.3 Å². The Morgan fingerprint density at radius 2 is 2.00 bits per heavy atom. The van der Waals surface area contributed by atoms with Crippen molar-refractivity contribution in [2.45, 2.75) is 33.4 Å². The van der Waals surface area contributed by atoms with E-state index in [-0.39, 0.29) is 12.5 Å². The fraction of sp³-hybridized carbons (Fsp3) is 0.391. The maximum absolute atomic E-state index is 13.3. The Morgan fingerprint density at radius 3 is 2.76 bits per heavy atom. The predicted molar refractivity (Wildman–Crippen MR) is 128 cm³/mol. The molecule has 0 saturated carbocycles. The van der Waals surface area contributed by atoms with Gasteiger partial charge in [-0.1, -0.05) is 12.1 Å². The van der Waals surface area contributed by atoms with Crippen LogP contribution in [0.4, 0.5) is 5.95 Å². The van der Waals surface area contributed by atoms with Crippen molar-refractivity contribution in [3.8, 4) is 5.88 Å². The Labute approximate surface area is 195 Å². The number of nitrogens with zero attached hydrogens (tertiary/aromatic N) is 4. The number of methoxy groups -OCH3 is 2. The largest absolute Gasteiger partial charge is 0.480 e. The third-order valence-electron chi connectivity index (χ3n) is 5.23. The van der Waals surface area contributed by atoms with E-state index < -0.39 is 0 Å². The molecule has 33 heavy (non-hydrogen) atoms. The molecule has 4 aromatic rings. The van der Waals surface area contributed by atoms with Crippen molar-refractivity contribution in [1.82, 2.24) is 19.5 Å². The second-order valence-electron chi connectivity index (χ2n) is 7.40. The van der Waals surface area contributed by atoms with Crippen LogP contribution in [0.2, 0.25) is 0 Å². The van der Waals surface area contributed by atoms with E-state index in [1.807, 2.05) is 42.7 Å². The summed E-state index contributed by atoms with van der Waals surface area (Å²) < 4.78 is 18.1. The Hall–Kier alpha value is -3.08. The van der Waals surface area contributed by atoms with Crippen LogP contribution in [-0.4, -0.2) is 52.9 Å². The van der Waals surface area contributed by atoms with Crippen LogP contribution in [0.5, 0.6) is 5.88 Å². The third-order valence-corrected chi connectivity index (χ3v) is 6.42. The van der Waals surface area contributed by atoms with Gasteiger partial charge in [0.2, 0.25) is 11.8 Å². The number of amides is 1. The van der Waals surface area contributed by atoms with E-state index >= 15 is 0 Å². The summed E-state index contributed by atoms with van der Waals surface area (Å²) in [6.07, 6.45) is 0.814. The summed E-state index contributed by atoms with van der Waals surface area (Å²) in [5.74, 6) is 1.20.